The first-order valence-electron chi connectivity index (χ1n) is 8.81. The summed E-state index contributed by atoms with van der Waals surface area (Å²) in [5.41, 5.74) is -1.02. The standard InChI is InChI=1S/C18H23N2O7PS/c1-3-25-28(22,26-4-2)18(21)19-14-20-29(23,24)17-12-10-16(11-13-17)27-15-8-6-5-7-9-15/h5-13,20H,3-4,14H2,1-2H3,(H,19,21). The quantitative estimate of drug-likeness (QED) is 0.402. The lowest BCUT2D eigenvalue weighted by Crippen LogP contribution is -2.37. The number of amides is 1. The van der Waals surface area contributed by atoms with Crippen LogP contribution in [0.5, 0.6) is 11.5 Å². The van der Waals surface area contributed by atoms with Crippen molar-refractivity contribution in [3.8, 4) is 11.5 Å². The summed E-state index contributed by atoms with van der Waals surface area (Å²) >= 11 is 0. The summed E-state index contributed by atoms with van der Waals surface area (Å²) in [5.74, 6) is 1.09. The molecule has 0 saturated heterocycles. The number of hydrogen-bond acceptors (Lipinski definition) is 7. The van der Waals surface area contributed by atoms with Gasteiger partial charge < -0.3 is 19.1 Å². The van der Waals surface area contributed by atoms with Gasteiger partial charge in [-0.3, -0.25) is 4.79 Å². The molecule has 0 aliphatic heterocycles. The number of rotatable bonds is 11. The number of nitrogens with one attached hydrogen (secondary N) is 2. The molecular formula is C18H23N2O7PS. The smallest absolute Gasteiger partial charge is 0.418 e. The molecule has 0 aliphatic carbocycles. The third-order valence-electron chi connectivity index (χ3n) is 3.46. The van der Waals surface area contributed by atoms with Gasteiger partial charge in [0.15, 0.2) is 0 Å². The molecule has 0 atom stereocenters. The lowest BCUT2D eigenvalue weighted by atomic mass is 10.3. The van der Waals surface area contributed by atoms with Crippen molar-refractivity contribution in [2.45, 2.75) is 18.7 Å². The summed E-state index contributed by atoms with van der Waals surface area (Å²) in [5, 5.41) is 2.20. The molecule has 9 nitrogen and oxygen atoms in total. The molecule has 2 rings (SSSR count). The summed E-state index contributed by atoms with van der Waals surface area (Å²) in [6.07, 6.45) is 0. The van der Waals surface area contributed by atoms with Gasteiger partial charge in [-0.1, -0.05) is 18.2 Å². The fourth-order valence-corrected chi connectivity index (χ4v) is 4.38. The van der Waals surface area contributed by atoms with E-state index in [0.29, 0.717) is 11.5 Å². The number of carbonyl (C=O) groups excluding carboxylic acids is 1. The molecular weight excluding hydrogens is 419 g/mol. The maximum Gasteiger partial charge on any atom is 0.418 e. The molecule has 2 N–H and O–H groups in total. The second-order valence-corrected chi connectivity index (χ2v) is 9.21. The first-order chi connectivity index (χ1) is 13.8. The number of sulfonamides is 1. The van der Waals surface area contributed by atoms with Gasteiger partial charge in [0.2, 0.25) is 10.0 Å². The molecule has 0 radical (unpaired) electrons. The molecule has 0 saturated carbocycles. The highest BCUT2D eigenvalue weighted by Crippen LogP contribution is 2.48. The Labute approximate surface area is 170 Å². The van der Waals surface area contributed by atoms with E-state index in [9.17, 15) is 17.8 Å². The van der Waals surface area contributed by atoms with Crippen LogP contribution in [0, 0.1) is 0 Å². The monoisotopic (exact) mass is 442 g/mol. The number of ether oxygens (including phenoxy) is 1. The molecule has 29 heavy (non-hydrogen) atoms. The average Bonchev–Trinajstić information content (AvgIpc) is 2.69. The maximum absolute atomic E-state index is 12.3. The van der Waals surface area contributed by atoms with Crippen LogP contribution in [0.15, 0.2) is 59.5 Å². The van der Waals surface area contributed by atoms with E-state index >= 15 is 0 Å². The molecule has 0 aromatic heterocycles. The van der Waals surface area contributed by atoms with Crippen LogP contribution in [0.2, 0.25) is 0 Å². The van der Waals surface area contributed by atoms with E-state index in [1.54, 1.807) is 26.0 Å². The minimum Gasteiger partial charge on any atom is -0.457 e. The largest absolute Gasteiger partial charge is 0.457 e. The van der Waals surface area contributed by atoms with Gasteiger partial charge in [0.25, 0.3) is 0 Å². The minimum absolute atomic E-state index is 0.00776. The summed E-state index contributed by atoms with van der Waals surface area (Å²) in [6.45, 7) is 2.66. The van der Waals surface area contributed by atoms with Gasteiger partial charge in [-0.2, -0.15) is 4.72 Å². The Morgan fingerprint density at radius 1 is 0.931 bits per heavy atom. The van der Waals surface area contributed by atoms with Gasteiger partial charge >= 0.3 is 13.2 Å². The van der Waals surface area contributed by atoms with Crippen LogP contribution in [0.1, 0.15) is 13.8 Å². The minimum atomic E-state index is -4.01. The number of para-hydroxylation sites is 1. The fourth-order valence-electron chi connectivity index (χ4n) is 2.19. The van der Waals surface area contributed by atoms with Crippen molar-refractivity contribution in [1.82, 2.24) is 10.0 Å². The van der Waals surface area contributed by atoms with Crippen molar-refractivity contribution in [3.63, 3.8) is 0 Å². The molecule has 158 valence electrons. The molecule has 11 heteroatoms. The summed E-state index contributed by atoms with van der Waals surface area (Å²) in [4.78, 5) is 12.0. The van der Waals surface area contributed by atoms with Gasteiger partial charge in [0.1, 0.15) is 11.5 Å². The number of benzene rings is 2. The van der Waals surface area contributed by atoms with Crippen molar-refractivity contribution < 1.29 is 31.6 Å². The number of carbonyl (C=O) groups is 1. The Balaban J connectivity index is 1.95. The van der Waals surface area contributed by atoms with Crippen molar-refractivity contribution in [1.29, 1.82) is 0 Å². The maximum atomic E-state index is 12.3. The zero-order valence-corrected chi connectivity index (χ0v) is 17.7. The topological polar surface area (TPSA) is 120 Å². The Kier molecular flexibility index (Phi) is 8.36. The Hall–Kier alpha value is -2.23. The zero-order chi connectivity index (χ0) is 21.3. The van der Waals surface area contributed by atoms with Crippen LogP contribution in [-0.4, -0.2) is 33.9 Å². The van der Waals surface area contributed by atoms with Gasteiger partial charge in [0, 0.05) is 0 Å². The first-order valence-corrected chi connectivity index (χ1v) is 11.8. The molecule has 0 heterocycles. The summed E-state index contributed by atoms with van der Waals surface area (Å²) in [6, 6.07) is 14.8. The number of hydrogen-bond donors (Lipinski definition) is 2. The highest BCUT2D eigenvalue weighted by molar-refractivity contribution is 7.89. The highest BCUT2D eigenvalue weighted by atomic mass is 32.2. The highest BCUT2D eigenvalue weighted by Gasteiger charge is 2.34. The van der Waals surface area contributed by atoms with Crippen LogP contribution in [0.4, 0.5) is 4.79 Å². The lowest BCUT2D eigenvalue weighted by Gasteiger charge is -2.16. The van der Waals surface area contributed by atoms with Gasteiger partial charge in [0.05, 0.1) is 24.8 Å². The Morgan fingerprint density at radius 2 is 1.48 bits per heavy atom. The van der Waals surface area contributed by atoms with Crippen LogP contribution >= 0.6 is 7.60 Å². The lowest BCUT2D eigenvalue weighted by molar-refractivity contribution is 0.207. The normalized spacial score (nSPS) is 11.8. The first kappa shape index (κ1) is 23.1. The second-order valence-electron chi connectivity index (χ2n) is 5.53. The van der Waals surface area contributed by atoms with E-state index in [1.165, 1.54) is 24.3 Å². The van der Waals surface area contributed by atoms with Crippen molar-refractivity contribution in [2.75, 3.05) is 19.9 Å². The zero-order valence-electron chi connectivity index (χ0n) is 16.0. The van der Waals surface area contributed by atoms with Crippen LogP contribution in [-0.2, 0) is 23.6 Å². The molecule has 0 aliphatic rings. The van der Waals surface area contributed by atoms with Crippen LogP contribution < -0.4 is 14.8 Å². The molecule has 0 bridgehead atoms. The average molecular weight is 442 g/mol. The predicted molar refractivity (Wildman–Crippen MR) is 108 cm³/mol. The molecule has 0 unspecified atom stereocenters. The Morgan fingerprint density at radius 3 is 2.03 bits per heavy atom. The van der Waals surface area contributed by atoms with Crippen molar-refractivity contribution in [2.24, 2.45) is 0 Å². The van der Waals surface area contributed by atoms with E-state index in [2.05, 4.69) is 10.0 Å². The SMILES string of the molecule is CCOP(=O)(OCC)C(=O)NCNS(=O)(=O)c1ccc(Oc2ccccc2)cc1. The van der Waals surface area contributed by atoms with Crippen LogP contribution in [0.3, 0.4) is 0 Å². The third-order valence-corrected chi connectivity index (χ3v) is 6.73. The van der Waals surface area contributed by atoms with Crippen LogP contribution in [0.25, 0.3) is 0 Å². The predicted octanol–water partition coefficient (Wildman–Crippen LogP) is 3.69. The molecule has 1 amide bonds. The van der Waals surface area contributed by atoms with Crippen molar-refractivity contribution in [3.05, 3.63) is 54.6 Å². The Bertz CT molecular complexity index is 940. The van der Waals surface area contributed by atoms with Gasteiger partial charge in [-0.25, -0.2) is 13.0 Å². The molecule has 0 spiro atoms. The van der Waals surface area contributed by atoms with E-state index in [-0.39, 0.29) is 18.1 Å². The van der Waals surface area contributed by atoms with E-state index in [1.807, 2.05) is 18.2 Å². The van der Waals surface area contributed by atoms with Gasteiger partial charge in [-0.05, 0) is 50.2 Å². The molecule has 0 fully saturated rings. The fraction of sp³-hybridized carbons (Fsp3) is 0.278. The summed E-state index contributed by atoms with van der Waals surface area (Å²) < 4.78 is 54.6. The van der Waals surface area contributed by atoms with E-state index < -0.39 is 29.9 Å². The van der Waals surface area contributed by atoms with E-state index in [0.717, 1.165) is 0 Å². The second kappa shape index (κ2) is 10.5. The molecule has 2 aromatic carbocycles. The summed E-state index contributed by atoms with van der Waals surface area (Å²) in [7, 11) is -7.91. The molecule has 2 aromatic rings. The third kappa shape index (κ3) is 6.66. The van der Waals surface area contributed by atoms with Gasteiger partial charge in [-0.15, -0.1) is 0 Å². The van der Waals surface area contributed by atoms with Crippen molar-refractivity contribution >= 4 is 23.3 Å². The van der Waals surface area contributed by atoms with E-state index in [4.69, 9.17) is 13.8 Å².